The molecule has 0 aromatic heterocycles. The Morgan fingerprint density at radius 2 is 2.15 bits per heavy atom. The normalized spacial score (nSPS) is 9.77. The monoisotopic (exact) mass is 178 g/mol. The molecule has 1 rings (SSSR count). The van der Waals surface area contributed by atoms with Crippen molar-refractivity contribution in [3.05, 3.63) is 34.9 Å². The number of carbonyl (C=O) groups excluding carboxylic acids is 1. The van der Waals surface area contributed by atoms with Crippen LogP contribution in [0, 0.1) is 6.92 Å². The number of hydrogen-bond acceptors (Lipinski definition) is 2. The molecule has 0 heterocycles. The number of benzene rings is 1. The van der Waals surface area contributed by atoms with Crippen LogP contribution in [0.25, 0.3) is 0 Å². The highest BCUT2D eigenvalue weighted by atomic mass is 16.5. The molecule has 0 unspecified atom stereocenters. The molecule has 0 radical (unpaired) electrons. The third-order valence-corrected chi connectivity index (χ3v) is 2.12. The quantitative estimate of drug-likeness (QED) is 0.650. The molecule has 0 N–H and O–H groups in total. The Morgan fingerprint density at radius 1 is 1.46 bits per heavy atom. The van der Waals surface area contributed by atoms with Crippen LogP contribution < -0.4 is 0 Å². The molecular weight excluding hydrogens is 164 g/mol. The predicted octanol–water partition coefficient (Wildman–Crippen LogP) is 2.34. The van der Waals surface area contributed by atoms with E-state index in [9.17, 15) is 4.79 Å². The zero-order chi connectivity index (χ0) is 9.84. The molecule has 2 heteroatoms. The first-order valence-corrected chi connectivity index (χ1v) is 4.37. The van der Waals surface area contributed by atoms with Crippen LogP contribution in [0.5, 0.6) is 0 Å². The summed E-state index contributed by atoms with van der Waals surface area (Å²) < 4.78 is 4.68. The van der Waals surface area contributed by atoms with Crippen LogP contribution in [0.15, 0.2) is 18.2 Å². The fraction of sp³-hybridized carbons (Fsp3) is 0.364. The average molecular weight is 178 g/mol. The molecule has 0 atom stereocenters. The van der Waals surface area contributed by atoms with Gasteiger partial charge in [0.25, 0.3) is 0 Å². The summed E-state index contributed by atoms with van der Waals surface area (Å²) in [7, 11) is 1.40. The van der Waals surface area contributed by atoms with E-state index in [-0.39, 0.29) is 5.97 Å². The minimum atomic E-state index is -0.257. The second-order valence-corrected chi connectivity index (χ2v) is 2.99. The maximum atomic E-state index is 11.3. The van der Waals surface area contributed by atoms with Crippen LogP contribution in [0.4, 0.5) is 0 Å². The highest BCUT2D eigenvalue weighted by Gasteiger charge is 2.08. The standard InChI is InChI=1S/C11H14O2/c1-4-9-6-5-8(2)10(7-9)11(12)13-3/h5-7H,4H2,1-3H3. The Balaban J connectivity index is 3.11. The van der Waals surface area contributed by atoms with E-state index in [1.807, 2.05) is 25.1 Å². The van der Waals surface area contributed by atoms with E-state index in [0.717, 1.165) is 17.5 Å². The zero-order valence-electron chi connectivity index (χ0n) is 8.26. The maximum Gasteiger partial charge on any atom is 0.338 e. The molecule has 0 saturated carbocycles. The van der Waals surface area contributed by atoms with Gasteiger partial charge in [0, 0.05) is 0 Å². The molecule has 0 bridgehead atoms. The Hall–Kier alpha value is -1.31. The fourth-order valence-electron chi connectivity index (χ4n) is 1.22. The lowest BCUT2D eigenvalue weighted by Crippen LogP contribution is -2.04. The number of carbonyl (C=O) groups is 1. The molecule has 1 aromatic carbocycles. The number of ether oxygens (including phenoxy) is 1. The molecule has 0 aliphatic heterocycles. The smallest absolute Gasteiger partial charge is 0.338 e. The zero-order valence-corrected chi connectivity index (χ0v) is 8.26. The SMILES string of the molecule is CCc1ccc(C)c(C(=O)OC)c1. The third-order valence-electron chi connectivity index (χ3n) is 2.12. The van der Waals surface area contributed by atoms with Crippen molar-refractivity contribution in [3.8, 4) is 0 Å². The molecule has 1 aromatic rings. The van der Waals surface area contributed by atoms with Gasteiger partial charge >= 0.3 is 5.97 Å². The van der Waals surface area contributed by atoms with Gasteiger partial charge < -0.3 is 4.74 Å². The van der Waals surface area contributed by atoms with Gasteiger partial charge in [0.15, 0.2) is 0 Å². The van der Waals surface area contributed by atoms with E-state index >= 15 is 0 Å². The molecular formula is C11H14O2. The molecule has 13 heavy (non-hydrogen) atoms. The summed E-state index contributed by atoms with van der Waals surface area (Å²) in [6, 6.07) is 5.87. The Labute approximate surface area is 78.5 Å². The molecule has 0 aliphatic rings. The lowest BCUT2D eigenvalue weighted by Gasteiger charge is -2.05. The average Bonchev–Trinajstić information content (AvgIpc) is 2.17. The summed E-state index contributed by atoms with van der Waals surface area (Å²) in [6.45, 7) is 3.97. The first-order chi connectivity index (χ1) is 6.19. The minimum absolute atomic E-state index is 0.257. The maximum absolute atomic E-state index is 11.3. The number of hydrogen-bond donors (Lipinski definition) is 0. The van der Waals surface area contributed by atoms with Crippen molar-refractivity contribution in [1.82, 2.24) is 0 Å². The largest absolute Gasteiger partial charge is 0.465 e. The highest BCUT2D eigenvalue weighted by molar-refractivity contribution is 5.91. The van der Waals surface area contributed by atoms with Crippen LogP contribution in [-0.2, 0) is 11.2 Å². The molecule has 70 valence electrons. The molecule has 0 fully saturated rings. The fourth-order valence-corrected chi connectivity index (χ4v) is 1.22. The summed E-state index contributed by atoms with van der Waals surface area (Å²) in [4.78, 5) is 11.3. The predicted molar refractivity (Wildman–Crippen MR) is 51.9 cm³/mol. The van der Waals surface area contributed by atoms with E-state index in [1.165, 1.54) is 7.11 Å². The summed E-state index contributed by atoms with van der Waals surface area (Å²) in [5, 5.41) is 0. The van der Waals surface area contributed by atoms with Gasteiger partial charge in [0.05, 0.1) is 12.7 Å². The first kappa shape index (κ1) is 9.78. The molecule has 0 aliphatic carbocycles. The Kier molecular flexibility index (Phi) is 3.07. The lowest BCUT2D eigenvalue weighted by atomic mass is 10.0. The second kappa shape index (κ2) is 4.08. The van der Waals surface area contributed by atoms with Crippen molar-refractivity contribution in [2.24, 2.45) is 0 Å². The second-order valence-electron chi connectivity index (χ2n) is 2.99. The van der Waals surface area contributed by atoms with Gasteiger partial charge in [-0.3, -0.25) is 0 Å². The van der Waals surface area contributed by atoms with Gasteiger partial charge in [-0.1, -0.05) is 19.1 Å². The summed E-state index contributed by atoms with van der Waals surface area (Å²) in [5.41, 5.74) is 2.79. The first-order valence-electron chi connectivity index (χ1n) is 4.37. The van der Waals surface area contributed by atoms with E-state index in [4.69, 9.17) is 0 Å². The van der Waals surface area contributed by atoms with Crippen LogP contribution in [-0.4, -0.2) is 13.1 Å². The van der Waals surface area contributed by atoms with Gasteiger partial charge in [-0.25, -0.2) is 4.79 Å². The minimum Gasteiger partial charge on any atom is -0.465 e. The van der Waals surface area contributed by atoms with E-state index in [0.29, 0.717) is 5.56 Å². The van der Waals surface area contributed by atoms with Crippen molar-refractivity contribution < 1.29 is 9.53 Å². The van der Waals surface area contributed by atoms with Crippen LogP contribution in [0.1, 0.15) is 28.4 Å². The van der Waals surface area contributed by atoms with E-state index in [1.54, 1.807) is 0 Å². The summed E-state index contributed by atoms with van der Waals surface area (Å²) >= 11 is 0. The molecule has 0 amide bonds. The molecule has 2 nitrogen and oxygen atoms in total. The van der Waals surface area contributed by atoms with Crippen molar-refractivity contribution >= 4 is 5.97 Å². The summed E-state index contributed by atoms with van der Waals surface area (Å²) in [6.07, 6.45) is 0.935. The van der Waals surface area contributed by atoms with Crippen molar-refractivity contribution in [2.75, 3.05) is 7.11 Å². The number of methoxy groups -OCH3 is 1. The third kappa shape index (κ3) is 2.08. The lowest BCUT2D eigenvalue weighted by molar-refractivity contribution is 0.0600. The van der Waals surface area contributed by atoms with E-state index < -0.39 is 0 Å². The summed E-state index contributed by atoms with van der Waals surface area (Å²) in [5.74, 6) is -0.257. The van der Waals surface area contributed by atoms with Gasteiger partial charge in [0.2, 0.25) is 0 Å². The van der Waals surface area contributed by atoms with Gasteiger partial charge in [-0.15, -0.1) is 0 Å². The van der Waals surface area contributed by atoms with E-state index in [2.05, 4.69) is 11.7 Å². The van der Waals surface area contributed by atoms with Gasteiger partial charge in [0.1, 0.15) is 0 Å². The van der Waals surface area contributed by atoms with Crippen molar-refractivity contribution in [2.45, 2.75) is 20.3 Å². The Bertz CT molecular complexity index is 316. The van der Waals surface area contributed by atoms with Crippen molar-refractivity contribution in [1.29, 1.82) is 0 Å². The number of aryl methyl sites for hydroxylation is 2. The topological polar surface area (TPSA) is 26.3 Å². The molecule has 0 saturated heterocycles. The van der Waals surface area contributed by atoms with Crippen LogP contribution in [0.3, 0.4) is 0 Å². The molecule has 0 spiro atoms. The number of esters is 1. The highest BCUT2D eigenvalue weighted by Crippen LogP contribution is 2.12. The number of rotatable bonds is 2. The van der Waals surface area contributed by atoms with Gasteiger partial charge in [-0.2, -0.15) is 0 Å². The Morgan fingerprint density at radius 3 is 2.69 bits per heavy atom. The van der Waals surface area contributed by atoms with Gasteiger partial charge in [-0.05, 0) is 30.5 Å². The van der Waals surface area contributed by atoms with Crippen LogP contribution >= 0.6 is 0 Å². The van der Waals surface area contributed by atoms with Crippen molar-refractivity contribution in [3.63, 3.8) is 0 Å². The van der Waals surface area contributed by atoms with Crippen LogP contribution in [0.2, 0.25) is 0 Å².